The Labute approximate surface area is 105 Å². The number of aryl methyl sites for hydroxylation is 1. The monoisotopic (exact) mass is 258 g/mol. The minimum atomic E-state index is -0.480. The molecule has 0 aliphatic rings. The molecule has 1 amide bonds. The van der Waals surface area contributed by atoms with Gasteiger partial charge in [0.2, 0.25) is 0 Å². The summed E-state index contributed by atoms with van der Waals surface area (Å²) in [5.41, 5.74) is -0.480. The average Bonchev–Trinajstić information content (AvgIpc) is 2.46. The van der Waals surface area contributed by atoms with Gasteiger partial charge in [0.25, 0.3) is 0 Å². The maximum atomic E-state index is 11.4. The Morgan fingerprint density at radius 3 is 2.71 bits per heavy atom. The molecule has 0 fully saturated rings. The minimum absolute atomic E-state index is 0.426. The third-order valence-electron chi connectivity index (χ3n) is 1.95. The summed E-state index contributed by atoms with van der Waals surface area (Å²) in [4.78, 5) is 11.4. The lowest BCUT2D eigenvalue weighted by Crippen LogP contribution is -2.34. The Hall–Kier alpha value is -1.37. The van der Waals surface area contributed by atoms with Gasteiger partial charge in [-0.05, 0) is 39.9 Å². The fourth-order valence-corrected chi connectivity index (χ4v) is 1.51. The number of aromatic nitrogens is 3. The van der Waals surface area contributed by atoms with E-state index in [0.29, 0.717) is 17.9 Å². The van der Waals surface area contributed by atoms with Crippen LogP contribution in [0.4, 0.5) is 4.79 Å². The molecule has 1 heterocycles. The first-order valence-electron chi connectivity index (χ1n) is 5.38. The van der Waals surface area contributed by atoms with Crippen LogP contribution >= 0.6 is 12.2 Å². The van der Waals surface area contributed by atoms with Crippen molar-refractivity contribution in [3.05, 3.63) is 10.6 Å². The van der Waals surface area contributed by atoms with E-state index in [1.165, 1.54) is 0 Å². The molecule has 0 bridgehead atoms. The molecule has 0 saturated heterocycles. The summed E-state index contributed by atoms with van der Waals surface area (Å²) < 4.78 is 7.47. The van der Waals surface area contributed by atoms with E-state index in [4.69, 9.17) is 17.0 Å². The first kappa shape index (κ1) is 13.7. The van der Waals surface area contributed by atoms with Crippen LogP contribution in [-0.4, -0.2) is 33.0 Å². The molecule has 0 atom stereocenters. The standard InChI is InChI=1S/C10H18N4O2S/c1-7-12-13-8(17)14(7)6-5-11-9(15)16-10(2,3)4/h5-6H2,1-4H3,(H,11,15)(H,13,17). The van der Waals surface area contributed by atoms with Crippen molar-refractivity contribution in [1.82, 2.24) is 20.1 Å². The second-order valence-electron chi connectivity index (χ2n) is 4.66. The smallest absolute Gasteiger partial charge is 0.407 e. The summed E-state index contributed by atoms with van der Waals surface area (Å²) in [7, 11) is 0. The zero-order valence-corrected chi connectivity index (χ0v) is 11.3. The Morgan fingerprint density at radius 2 is 2.24 bits per heavy atom. The van der Waals surface area contributed by atoms with E-state index in [9.17, 15) is 4.79 Å². The molecule has 7 heteroatoms. The molecule has 0 aliphatic carbocycles. The zero-order valence-electron chi connectivity index (χ0n) is 10.5. The van der Waals surface area contributed by atoms with Crippen molar-refractivity contribution in [2.45, 2.75) is 39.8 Å². The minimum Gasteiger partial charge on any atom is -0.444 e. The molecule has 1 aromatic rings. The highest BCUT2D eigenvalue weighted by molar-refractivity contribution is 7.71. The summed E-state index contributed by atoms with van der Waals surface area (Å²) in [6.45, 7) is 8.33. The molecule has 0 saturated carbocycles. The van der Waals surface area contributed by atoms with Gasteiger partial charge in [-0.3, -0.25) is 5.10 Å². The second-order valence-corrected chi connectivity index (χ2v) is 5.04. The molecule has 0 unspecified atom stereocenters. The molecule has 0 spiro atoms. The Morgan fingerprint density at radius 1 is 1.59 bits per heavy atom. The summed E-state index contributed by atoms with van der Waals surface area (Å²) in [5.74, 6) is 0.793. The third kappa shape index (κ3) is 4.56. The van der Waals surface area contributed by atoms with Crippen molar-refractivity contribution in [2.75, 3.05) is 6.54 Å². The van der Waals surface area contributed by atoms with Crippen molar-refractivity contribution in [2.24, 2.45) is 0 Å². The Kier molecular flexibility index (Phi) is 4.28. The number of carbonyl (C=O) groups excluding carboxylic acids is 1. The molecule has 2 N–H and O–H groups in total. The highest BCUT2D eigenvalue weighted by Gasteiger charge is 2.15. The average molecular weight is 258 g/mol. The van der Waals surface area contributed by atoms with Gasteiger partial charge in [0, 0.05) is 13.1 Å². The van der Waals surface area contributed by atoms with Crippen LogP contribution in [0.1, 0.15) is 26.6 Å². The first-order chi connectivity index (χ1) is 7.79. The highest BCUT2D eigenvalue weighted by Crippen LogP contribution is 2.06. The number of rotatable bonds is 3. The van der Waals surface area contributed by atoms with Crippen LogP contribution in [0, 0.1) is 11.7 Å². The number of alkyl carbamates (subject to hydrolysis) is 1. The van der Waals surface area contributed by atoms with Crippen LogP contribution in [0.5, 0.6) is 0 Å². The summed E-state index contributed by atoms with van der Waals surface area (Å²) in [6.07, 6.45) is -0.426. The van der Waals surface area contributed by atoms with Crippen LogP contribution in [0.15, 0.2) is 0 Å². The van der Waals surface area contributed by atoms with Gasteiger partial charge in [-0.2, -0.15) is 5.10 Å². The van der Waals surface area contributed by atoms with Crippen molar-refractivity contribution in [1.29, 1.82) is 0 Å². The Balaban J connectivity index is 2.39. The number of nitrogens with one attached hydrogen (secondary N) is 2. The number of amides is 1. The van der Waals surface area contributed by atoms with Gasteiger partial charge in [0.1, 0.15) is 11.4 Å². The van der Waals surface area contributed by atoms with Crippen LogP contribution in [0.3, 0.4) is 0 Å². The second kappa shape index (κ2) is 5.31. The van der Waals surface area contributed by atoms with E-state index in [1.54, 1.807) is 0 Å². The molecular formula is C10H18N4O2S. The van der Waals surface area contributed by atoms with Crippen molar-refractivity contribution in [3.63, 3.8) is 0 Å². The normalized spacial score (nSPS) is 11.3. The topological polar surface area (TPSA) is 71.9 Å². The fraction of sp³-hybridized carbons (Fsp3) is 0.700. The van der Waals surface area contributed by atoms with E-state index in [0.717, 1.165) is 5.82 Å². The van der Waals surface area contributed by atoms with Gasteiger partial charge in [0.05, 0.1) is 0 Å². The molecule has 0 aliphatic heterocycles. The largest absolute Gasteiger partial charge is 0.444 e. The molecule has 1 rings (SSSR count). The predicted molar refractivity (Wildman–Crippen MR) is 66.4 cm³/mol. The number of H-pyrrole nitrogens is 1. The van der Waals surface area contributed by atoms with Crippen LogP contribution in [0.2, 0.25) is 0 Å². The van der Waals surface area contributed by atoms with Crippen molar-refractivity contribution >= 4 is 18.3 Å². The molecular weight excluding hydrogens is 240 g/mol. The molecule has 6 nitrogen and oxygen atoms in total. The third-order valence-corrected chi connectivity index (χ3v) is 2.26. The van der Waals surface area contributed by atoms with Gasteiger partial charge in [-0.15, -0.1) is 0 Å². The van der Waals surface area contributed by atoms with Gasteiger partial charge in [-0.1, -0.05) is 0 Å². The lowest BCUT2D eigenvalue weighted by molar-refractivity contribution is 0.0526. The summed E-state index contributed by atoms with van der Waals surface area (Å²) in [5, 5.41) is 9.32. The van der Waals surface area contributed by atoms with Crippen LogP contribution in [-0.2, 0) is 11.3 Å². The first-order valence-corrected chi connectivity index (χ1v) is 5.79. The number of nitrogens with zero attached hydrogens (tertiary/aromatic N) is 2. The molecule has 0 radical (unpaired) electrons. The molecule has 17 heavy (non-hydrogen) atoms. The van der Waals surface area contributed by atoms with Gasteiger partial charge in [-0.25, -0.2) is 4.79 Å². The van der Waals surface area contributed by atoms with Crippen LogP contribution in [0.25, 0.3) is 0 Å². The van der Waals surface area contributed by atoms with E-state index < -0.39 is 11.7 Å². The van der Waals surface area contributed by atoms with Gasteiger partial charge >= 0.3 is 6.09 Å². The van der Waals surface area contributed by atoms with E-state index >= 15 is 0 Å². The zero-order chi connectivity index (χ0) is 13.1. The predicted octanol–water partition coefficient (Wildman–Crippen LogP) is 1.77. The molecule has 1 aromatic heterocycles. The number of hydrogen-bond acceptors (Lipinski definition) is 4. The van der Waals surface area contributed by atoms with Gasteiger partial charge < -0.3 is 14.6 Å². The van der Waals surface area contributed by atoms with E-state index in [1.807, 2.05) is 32.3 Å². The van der Waals surface area contributed by atoms with Crippen molar-refractivity contribution in [3.8, 4) is 0 Å². The maximum Gasteiger partial charge on any atom is 0.407 e. The SMILES string of the molecule is Cc1n[nH]c(=S)n1CCNC(=O)OC(C)(C)C. The summed E-state index contributed by atoms with van der Waals surface area (Å²) in [6, 6.07) is 0. The Bertz CT molecular complexity index is 444. The quantitative estimate of drug-likeness (QED) is 0.811. The van der Waals surface area contributed by atoms with E-state index in [-0.39, 0.29) is 0 Å². The van der Waals surface area contributed by atoms with Crippen molar-refractivity contribution < 1.29 is 9.53 Å². The number of aromatic amines is 1. The van der Waals surface area contributed by atoms with E-state index in [2.05, 4.69) is 15.5 Å². The highest BCUT2D eigenvalue weighted by atomic mass is 32.1. The maximum absolute atomic E-state index is 11.4. The number of hydrogen-bond donors (Lipinski definition) is 2. The lowest BCUT2D eigenvalue weighted by atomic mass is 10.2. The summed E-state index contributed by atoms with van der Waals surface area (Å²) >= 11 is 5.04. The molecule has 96 valence electrons. The van der Waals surface area contributed by atoms with Gasteiger partial charge in [0.15, 0.2) is 4.77 Å². The lowest BCUT2D eigenvalue weighted by Gasteiger charge is -2.19. The number of carbonyl (C=O) groups is 1. The number of ether oxygens (including phenoxy) is 1. The van der Waals surface area contributed by atoms with Crippen LogP contribution < -0.4 is 5.32 Å². The fourth-order valence-electron chi connectivity index (χ4n) is 1.24. The molecule has 0 aromatic carbocycles.